The number of rotatable bonds is 3. The van der Waals surface area contributed by atoms with Crippen molar-refractivity contribution in [3.63, 3.8) is 0 Å². The van der Waals surface area contributed by atoms with Crippen molar-refractivity contribution in [3.8, 4) is 0 Å². The molecule has 98 valence electrons. The molecule has 0 aliphatic carbocycles. The van der Waals surface area contributed by atoms with Crippen LogP contribution in [0.25, 0.3) is 0 Å². The van der Waals surface area contributed by atoms with E-state index in [2.05, 4.69) is 30.9 Å². The van der Waals surface area contributed by atoms with Crippen LogP contribution in [0.1, 0.15) is 19.4 Å². The topological polar surface area (TPSA) is 29.5 Å². The number of carbonyl (C=O) groups excluding carboxylic acids is 1. The molecule has 1 saturated heterocycles. The Balaban J connectivity index is 2.04. The van der Waals surface area contributed by atoms with E-state index in [4.69, 9.17) is 4.74 Å². The van der Waals surface area contributed by atoms with Crippen LogP contribution in [0.4, 0.5) is 0 Å². The Labute approximate surface area is 109 Å². The molecule has 0 amide bonds. The molecule has 2 rings (SSSR count). The maximum absolute atomic E-state index is 11.8. The van der Waals surface area contributed by atoms with Gasteiger partial charge in [-0.1, -0.05) is 44.2 Å². The van der Waals surface area contributed by atoms with Crippen molar-refractivity contribution in [2.24, 2.45) is 11.3 Å². The predicted molar refractivity (Wildman–Crippen MR) is 71.0 cm³/mol. The van der Waals surface area contributed by atoms with Gasteiger partial charge in [0.15, 0.2) is 0 Å². The molecule has 1 aromatic rings. The maximum atomic E-state index is 11.8. The van der Waals surface area contributed by atoms with Crippen molar-refractivity contribution in [2.45, 2.75) is 20.4 Å². The van der Waals surface area contributed by atoms with E-state index < -0.39 is 0 Å². The highest BCUT2D eigenvalue weighted by Gasteiger charge is 2.44. The minimum atomic E-state index is -0.0874. The second-order valence-corrected chi connectivity index (χ2v) is 5.72. The van der Waals surface area contributed by atoms with Gasteiger partial charge in [0, 0.05) is 19.6 Å². The number of ether oxygens (including phenoxy) is 1. The van der Waals surface area contributed by atoms with Crippen LogP contribution in [-0.4, -0.2) is 31.1 Å². The molecule has 3 nitrogen and oxygen atoms in total. The number of nitrogens with zero attached hydrogens (tertiary/aromatic N) is 1. The molecule has 1 atom stereocenters. The Hall–Kier alpha value is -1.35. The lowest BCUT2D eigenvalue weighted by Gasteiger charge is -2.23. The van der Waals surface area contributed by atoms with E-state index in [-0.39, 0.29) is 17.3 Å². The summed E-state index contributed by atoms with van der Waals surface area (Å²) in [6.07, 6.45) is 0. The van der Waals surface area contributed by atoms with Gasteiger partial charge in [-0.25, -0.2) is 0 Å². The fraction of sp³-hybridized carbons (Fsp3) is 0.533. The van der Waals surface area contributed by atoms with E-state index in [1.807, 2.05) is 18.2 Å². The number of hydrogen-bond acceptors (Lipinski definition) is 3. The van der Waals surface area contributed by atoms with Crippen LogP contribution in [0.5, 0.6) is 0 Å². The molecule has 1 unspecified atom stereocenters. The SMILES string of the molecule is COC(=O)C1CN(Cc2ccccc2)CC1(C)C. The van der Waals surface area contributed by atoms with E-state index in [9.17, 15) is 4.79 Å². The summed E-state index contributed by atoms with van der Waals surface area (Å²) in [6.45, 7) is 6.90. The molecule has 0 saturated carbocycles. The lowest BCUT2D eigenvalue weighted by molar-refractivity contribution is -0.147. The van der Waals surface area contributed by atoms with Crippen LogP contribution < -0.4 is 0 Å². The van der Waals surface area contributed by atoms with Gasteiger partial charge < -0.3 is 4.74 Å². The van der Waals surface area contributed by atoms with Crippen molar-refractivity contribution >= 4 is 5.97 Å². The Kier molecular flexibility index (Phi) is 3.71. The fourth-order valence-electron chi connectivity index (χ4n) is 2.75. The molecular weight excluding hydrogens is 226 g/mol. The number of esters is 1. The first-order valence-electron chi connectivity index (χ1n) is 6.37. The Morgan fingerprint density at radius 2 is 2.06 bits per heavy atom. The second kappa shape index (κ2) is 5.11. The Morgan fingerprint density at radius 3 is 2.67 bits per heavy atom. The highest BCUT2D eigenvalue weighted by atomic mass is 16.5. The normalized spacial score (nSPS) is 22.9. The van der Waals surface area contributed by atoms with Crippen LogP contribution in [0.15, 0.2) is 30.3 Å². The highest BCUT2D eigenvalue weighted by molar-refractivity contribution is 5.74. The van der Waals surface area contributed by atoms with Crippen LogP contribution in [0.3, 0.4) is 0 Å². The summed E-state index contributed by atoms with van der Waals surface area (Å²) >= 11 is 0. The van der Waals surface area contributed by atoms with Gasteiger partial charge in [0.25, 0.3) is 0 Å². The minimum Gasteiger partial charge on any atom is -0.469 e. The van der Waals surface area contributed by atoms with Gasteiger partial charge in [-0.2, -0.15) is 0 Å². The monoisotopic (exact) mass is 247 g/mol. The molecule has 0 spiro atoms. The molecule has 18 heavy (non-hydrogen) atoms. The zero-order chi connectivity index (χ0) is 13.2. The zero-order valence-corrected chi connectivity index (χ0v) is 11.3. The molecular formula is C15H21NO2. The lowest BCUT2D eigenvalue weighted by Crippen LogP contribution is -2.30. The van der Waals surface area contributed by atoms with Crippen LogP contribution in [-0.2, 0) is 16.1 Å². The first kappa shape index (κ1) is 13.1. The third kappa shape index (κ3) is 2.72. The first-order valence-corrected chi connectivity index (χ1v) is 6.37. The van der Waals surface area contributed by atoms with Gasteiger partial charge >= 0.3 is 5.97 Å². The molecule has 0 bridgehead atoms. The summed E-state index contributed by atoms with van der Waals surface area (Å²) in [7, 11) is 1.47. The summed E-state index contributed by atoms with van der Waals surface area (Å²) in [6, 6.07) is 10.4. The van der Waals surface area contributed by atoms with Gasteiger partial charge in [-0.05, 0) is 11.0 Å². The predicted octanol–water partition coefficient (Wildman–Crippen LogP) is 2.32. The maximum Gasteiger partial charge on any atom is 0.310 e. The van der Waals surface area contributed by atoms with Crippen LogP contribution >= 0.6 is 0 Å². The molecule has 1 aromatic carbocycles. The molecule has 1 heterocycles. The summed E-state index contributed by atoms with van der Waals surface area (Å²) in [4.78, 5) is 14.1. The summed E-state index contributed by atoms with van der Waals surface area (Å²) in [5, 5.41) is 0. The Bertz CT molecular complexity index is 414. The van der Waals surface area contributed by atoms with Gasteiger partial charge in [-0.15, -0.1) is 0 Å². The van der Waals surface area contributed by atoms with Crippen LogP contribution in [0, 0.1) is 11.3 Å². The van der Waals surface area contributed by atoms with Crippen molar-refractivity contribution in [2.75, 3.05) is 20.2 Å². The third-order valence-corrected chi connectivity index (χ3v) is 3.75. The molecule has 1 aliphatic heterocycles. The van der Waals surface area contributed by atoms with Crippen molar-refractivity contribution < 1.29 is 9.53 Å². The van der Waals surface area contributed by atoms with Gasteiger partial charge in [0.1, 0.15) is 0 Å². The van der Waals surface area contributed by atoms with Crippen molar-refractivity contribution in [1.82, 2.24) is 4.90 Å². The first-order chi connectivity index (χ1) is 8.53. The summed E-state index contributed by atoms with van der Waals surface area (Å²) < 4.78 is 4.90. The quantitative estimate of drug-likeness (QED) is 0.768. The molecule has 3 heteroatoms. The molecule has 1 aliphatic rings. The zero-order valence-electron chi connectivity index (χ0n) is 11.3. The third-order valence-electron chi connectivity index (χ3n) is 3.75. The fourth-order valence-corrected chi connectivity index (χ4v) is 2.75. The number of benzene rings is 1. The molecule has 1 fully saturated rings. The summed E-state index contributed by atoms with van der Waals surface area (Å²) in [5.41, 5.74) is 1.28. The molecule has 0 aromatic heterocycles. The lowest BCUT2D eigenvalue weighted by atomic mass is 9.82. The molecule has 0 radical (unpaired) electrons. The average molecular weight is 247 g/mol. The van der Waals surface area contributed by atoms with Gasteiger partial charge in [0.05, 0.1) is 13.0 Å². The van der Waals surface area contributed by atoms with E-state index in [1.165, 1.54) is 12.7 Å². The largest absolute Gasteiger partial charge is 0.469 e. The summed E-state index contributed by atoms with van der Waals surface area (Å²) in [5.74, 6) is -0.109. The Morgan fingerprint density at radius 1 is 1.39 bits per heavy atom. The van der Waals surface area contributed by atoms with Gasteiger partial charge in [-0.3, -0.25) is 9.69 Å². The van der Waals surface area contributed by atoms with E-state index >= 15 is 0 Å². The highest BCUT2D eigenvalue weighted by Crippen LogP contribution is 2.36. The molecule has 0 N–H and O–H groups in total. The number of carbonyl (C=O) groups is 1. The number of hydrogen-bond donors (Lipinski definition) is 0. The van der Waals surface area contributed by atoms with Crippen molar-refractivity contribution in [3.05, 3.63) is 35.9 Å². The van der Waals surface area contributed by atoms with E-state index in [0.717, 1.165) is 19.6 Å². The smallest absolute Gasteiger partial charge is 0.310 e. The van der Waals surface area contributed by atoms with E-state index in [1.54, 1.807) is 0 Å². The van der Waals surface area contributed by atoms with Crippen LogP contribution in [0.2, 0.25) is 0 Å². The minimum absolute atomic E-state index is 0.0120. The van der Waals surface area contributed by atoms with Gasteiger partial charge in [0.2, 0.25) is 0 Å². The standard InChI is InChI=1S/C15H21NO2/c1-15(2)11-16(10-13(15)14(17)18-3)9-12-7-5-4-6-8-12/h4-8,13H,9-11H2,1-3H3. The van der Waals surface area contributed by atoms with E-state index in [0.29, 0.717) is 0 Å². The number of likely N-dealkylation sites (tertiary alicyclic amines) is 1. The average Bonchev–Trinajstić information content (AvgIpc) is 2.64. The van der Waals surface area contributed by atoms with Crippen molar-refractivity contribution in [1.29, 1.82) is 0 Å². The second-order valence-electron chi connectivity index (χ2n) is 5.72. The number of methoxy groups -OCH3 is 1.